The van der Waals surface area contributed by atoms with Crippen molar-refractivity contribution in [1.82, 2.24) is 15.5 Å². The van der Waals surface area contributed by atoms with Crippen molar-refractivity contribution in [1.29, 1.82) is 0 Å². The summed E-state index contributed by atoms with van der Waals surface area (Å²) in [6.07, 6.45) is 0.719. The molecule has 0 aliphatic carbocycles. The van der Waals surface area contributed by atoms with Crippen LogP contribution in [0.2, 0.25) is 0 Å². The van der Waals surface area contributed by atoms with E-state index in [2.05, 4.69) is 20.8 Å². The summed E-state index contributed by atoms with van der Waals surface area (Å²) in [7, 11) is 1.61. The zero-order valence-electron chi connectivity index (χ0n) is 18.9. The minimum atomic E-state index is -0.712. The van der Waals surface area contributed by atoms with Gasteiger partial charge >= 0.3 is 0 Å². The number of anilines is 1. The van der Waals surface area contributed by atoms with Crippen LogP contribution >= 0.6 is 11.3 Å². The van der Waals surface area contributed by atoms with E-state index in [9.17, 15) is 9.59 Å². The summed E-state index contributed by atoms with van der Waals surface area (Å²) < 4.78 is 10.7. The highest BCUT2D eigenvalue weighted by molar-refractivity contribution is 7.18. The predicted octanol–water partition coefficient (Wildman–Crippen LogP) is 3.90. The van der Waals surface area contributed by atoms with Crippen LogP contribution in [0.4, 0.5) is 5.13 Å². The van der Waals surface area contributed by atoms with Crippen LogP contribution in [0.15, 0.2) is 54.6 Å². The highest BCUT2D eigenvalue weighted by atomic mass is 32.1. The smallest absolute Gasteiger partial charge is 0.249 e. The molecule has 9 heteroatoms. The molecule has 2 N–H and O–H groups in total. The number of amides is 2. The van der Waals surface area contributed by atoms with Gasteiger partial charge in [-0.25, -0.2) is 0 Å². The fourth-order valence-electron chi connectivity index (χ4n) is 3.06. The molecule has 0 spiro atoms. The number of aromatic nitrogens is 2. The van der Waals surface area contributed by atoms with Crippen LogP contribution < -0.4 is 15.4 Å². The largest absolute Gasteiger partial charge is 0.497 e. The maximum atomic E-state index is 12.9. The summed E-state index contributed by atoms with van der Waals surface area (Å²) in [5.74, 6) is -0.00511. The Hall–Kier alpha value is -3.30. The third kappa shape index (κ3) is 7.10. The topological polar surface area (TPSA) is 102 Å². The average Bonchev–Trinajstić information content (AvgIpc) is 3.31. The first-order chi connectivity index (χ1) is 16.0. The van der Waals surface area contributed by atoms with Crippen molar-refractivity contribution in [3.63, 3.8) is 0 Å². The van der Waals surface area contributed by atoms with Gasteiger partial charge in [-0.2, -0.15) is 0 Å². The van der Waals surface area contributed by atoms with Gasteiger partial charge in [-0.15, -0.1) is 10.2 Å². The number of nitrogens with zero attached hydrogens (tertiary/aromatic N) is 2. The molecular weight excluding hydrogens is 440 g/mol. The van der Waals surface area contributed by atoms with Gasteiger partial charge in [-0.3, -0.25) is 14.9 Å². The molecule has 1 aromatic heterocycles. The van der Waals surface area contributed by atoms with Gasteiger partial charge in [0.25, 0.3) is 0 Å². The number of benzene rings is 2. The number of rotatable bonds is 11. The van der Waals surface area contributed by atoms with Gasteiger partial charge in [0.2, 0.25) is 16.9 Å². The normalized spacial score (nSPS) is 12.6. The second-order valence-electron chi connectivity index (χ2n) is 7.54. The van der Waals surface area contributed by atoms with E-state index in [-0.39, 0.29) is 24.3 Å². The Morgan fingerprint density at radius 3 is 2.45 bits per heavy atom. The Balaban J connectivity index is 1.57. The van der Waals surface area contributed by atoms with Crippen LogP contribution in [0.25, 0.3) is 10.6 Å². The molecule has 2 amide bonds. The number of carbonyl (C=O) groups is 2. The maximum Gasteiger partial charge on any atom is 0.249 e. The lowest BCUT2D eigenvalue weighted by Crippen LogP contribution is -2.48. The summed E-state index contributed by atoms with van der Waals surface area (Å²) in [6, 6.07) is 16.3. The molecule has 3 aromatic rings. The zero-order valence-corrected chi connectivity index (χ0v) is 19.7. The van der Waals surface area contributed by atoms with Crippen LogP contribution in [0, 0.1) is 5.92 Å². The van der Waals surface area contributed by atoms with E-state index in [1.807, 2.05) is 68.4 Å². The maximum absolute atomic E-state index is 12.9. The summed E-state index contributed by atoms with van der Waals surface area (Å²) in [5.41, 5.74) is 1.85. The minimum absolute atomic E-state index is 0.0722. The Bertz CT molecular complexity index is 1040. The highest BCUT2D eigenvalue weighted by Gasteiger charge is 2.27. The molecule has 0 fully saturated rings. The van der Waals surface area contributed by atoms with Crippen LogP contribution in [-0.2, 0) is 20.9 Å². The fraction of sp³-hybridized carbons (Fsp3) is 0.333. The molecule has 33 heavy (non-hydrogen) atoms. The highest BCUT2D eigenvalue weighted by Crippen LogP contribution is 2.28. The van der Waals surface area contributed by atoms with Crippen molar-refractivity contribution >= 4 is 28.3 Å². The third-order valence-electron chi connectivity index (χ3n) is 5.15. The Morgan fingerprint density at radius 1 is 1.06 bits per heavy atom. The molecule has 2 aromatic carbocycles. The number of hydrogen-bond donors (Lipinski definition) is 2. The van der Waals surface area contributed by atoms with E-state index in [0.717, 1.165) is 23.3 Å². The van der Waals surface area contributed by atoms with Crippen molar-refractivity contribution in [2.75, 3.05) is 19.0 Å². The van der Waals surface area contributed by atoms with Crippen molar-refractivity contribution in [2.45, 2.75) is 32.9 Å². The molecule has 1 heterocycles. The lowest BCUT2D eigenvalue weighted by atomic mass is 9.98. The van der Waals surface area contributed by atoms with Crippen molar-refractivity contribution in [2.24, 2.45) is 5.92 Å². The molecule has 0 saturated heterocycles. The second kappa shape index (κ2) is 12.1. The Kier molecular flexibility index (Phi) is 8.91. The summed E-state index contributed by atoms with van der Waals surface area (Å²) in [6.45, 7) is 4.08. The lowest BCUT2D eigenvalue weighted by Gasteiger charge is -2.22. The van der Waals surface area contributed by atoms with Crippen molar-refractivity contribution in [3.05, 3.63) is 60.2 Å². The Labute approximate surface area is 197 Å². The molecule has 0 aliphatic rings. The summed E-state index contributed by atoms with van der Waals surface area (Å²) in [4.78, 5) is 25.3. The molecule has 0 saturated carbocycles. The third-order valence-corrected chi connectivity index (χ3v) is 6.04. The first kappa shape index (κ1) is 24.3. The van der Waals surface area contributed by atoms with Crippen molar-refractivity contribution in [3.8, 4) is 16.3 Å². The predicted molar refractivity (Wildman–Crippen MR) is 128 cm³/mol. The van der Waals surface area contributed by atoms with E-state index < -0.39 is 6.04 Å². The van der Waals surface area contributed by atoms with Gasteiger partial charge in [0.05, 0.1) is 13.7 Å². The van der Waals surface area contributed by atoms with Gasteiger partial charge in [-0.05, 0) is 35.7 Å². The number of methoxy groups -OCH3 is 1. The quantitative estimate of drug-likeness (QED) is 0.443. The first-order valence-electron chi connectivity index (χ1n) is 10.7. The van der Waals surface area contributed by atoms with Crippen LogP contribution in [0.5, 0.6) is 5.75 Å². The van der Waals surface area contributed by atoms with E-state index in [1.54, 1.807) is 7.11 Å². The van der Waals surface area contributed by atoms with E-state index in [1.165, 1.54) is 11.3 Å². The van der Waals surface area contributed by atoms with E-state index >= 15 is 0 Å². The number of carbonyl (C=O) groups excluding carboxylic acids is 2. The molecular formula is C24H28N4O4S. The molecule has 8 nitrogen and oxygen atoms in total. The van der Waals surface area contributed by atoms with Gasteiger partial charge in [0.15, 0.2) is 0 Å². The molecule has 3 rings (SSSR count). The minimum Gasteiger partial charge on any atom is -0.497 e. The molecule has 2 atom stereocenters. The van der Waals surface area contributed by atoms with Crippen LogP contribution in [0.3, 0.4) is 0 Å². The van der Waals surface area contributed by atoms with Crippen molar-refractivity contribution < 1.29 is 19.1 Å². The van der Waals surface area contributed by atoms with Gasteiger partial charge in [0.1, 0.15) is 23.4 Å². The molecule has 0 radical (unpaired) electrons. The number of nitrogens with one attached hydrogen (secondary N) is 2. The average molecular weight is 469 g/mol. The number of hydrogen-bond acceptors (Lipinski definition) is 7. The monoisotopic (exact) mass is 468 g/mol. The van der Waals surface area contributed by atoms with Gasteiger partial charge in [-0.1, -0.05) is 61.9 Å². The van der Waals surface area contributed by atoms with Crippen LogP contribution in [0.1, 0.15) is 25.8 Å². The summed E-state index contributed by atoms with van der Waals surface area (Å²) >= 11 is 1.26. The second-order valence-corrected chi connectivity index (χ2v) is 8.52. The Morgan fingerprint density at radius 2 is 1.79 bits per heavy atom. The standard InChI is InChI=1S/C24H28N4O4S/c1-4-16(2)21(25-20(29)15-32-14-17-8-6-5-7-9-17)22(30)26-24-28-27-23(33-24)18-10-12-19(31-3)13-11-18/h5-13,16,21H,4,14-15H2,1-3H3,(H,25,29)(H,26,28,30). The van der Waals surface area contributed by atoms with Gasteiger partial charge in [0, 0.05) is 5.56 Å². The summed E-state index contributed by atoms with van der Waals surface area (Å²) in [5, 5.41) is 14.8. The van der Waals surface area contributed by atoms with Gasteiger partial charge < -0.3 is 14.8 Å². The molecule has 174 valence electrons. The van der Waals surface area contributed by atoms with Crippen LogP contribution in [-0.4, -0.2) is 41.8 Å². The molecule has 0 bridgehead atoms. The van der Waals surface area contributed by atoms with E-state index in [0.29, 0.717) is 16.7 Å². The zero-order chi connectivity index (χ0) is 23.6. The fourth-order valence-corrected chi connectivity index (χ4v) is 3.81. The first-order valence-corrected chi connectivity index (χ1v) is 11.5. The lowest BCUT2D eigenvalue weighted by molar-refractivity contribution is -0.131. The van der Waals surface area contributed by atoms with E-state index in [4.69, 9.17) is 9.47 Å². The molecule has 0 aliphatic heterocycles. The SMILES string of the molecule is CCC(C)C(NC(=O)COCc1ccccc1)C(=O)Nc1nnc(-c2ccc(OC)cc2)s1. The molecule has 2 unspecified atom stereocenters. The number of ether oxygens (including phenoxy) is 2.